The zero-order valence-electron chi connectivity index (χ0n) is 13.4. The Morgan fingerprint density at radius 1 is 0.840 bits per heavy atom. The number of benzene rings is 3. The number of fused-ring (bicyclic) bond motifs is 1. The highest BCUT2D eigenvalue weighted by molar-refractivity contribution is 6.30. The third-order valence-electron chi connectivity index (χ3n) is 4.16. The maximum absolute atomic E-state index is 12.2. The van der Waals surface area contributed by atoms with Crippen molar-refractivity contribution in [1.82, 2.24) is 9.78 Å². The third kappa shape index (κ3) is 3.32. The Bertz CT molecular complexity index is 1100. The van der Waals surface area contributed by atoms with Crippen LogP contribution in [0, 0.1) is 0 Å². The lowest BCUT2D eigenvalue weighted by molar-refractivity contribution is 0.643. The van der Waals surface area contributed by atoms with E-state index in [4.69, 9.17) is 11.6 Å². The fourth-order valence-electron chi connectivity index (χ4n) is 2.83. The Balaban J connectivity index is 1.72. The Kier molecular flexibility index (Phi) is 4.08. The van der Waals surface area contributed by atoms with Gasteiger partial charge in [-0.25, -0.2) is 4.68 Å². The molecule has 0 unspecified atom stereocenters. The van der Waals surface area contributed by atoms with E-state index in [-0.39, 0.29) is 5.56 Å². The summed E-state index contributed by atoms with van der Waals surface area (Å²) < 4.78 is 1.48. The van der Waals surface area contributed by atoms with Crippen LogP contribution in [0.15, 0.2) is 83.7 Å². The van der Waals surface area contributed by atoms with Crippen LogP contribution >= 0.6 is 11.6 Å². The standard InChI is InChI=1S/C21H15ClN2O/c22-19-9-5-15(6-10-19)14-24-21(25)12-11-20(23-24)18-8-7-16-3-1-2-4-17(16)13-18/h1-13H,14H2. The maximum atomic E-state index is 12.2. The van der Waals surface area contributed by atoms with E-state index in [1.807, 2.05) is 42.5 Å². The van der Waals surface area contributed by atoms with Crippen LogP contribution in [-0.2, 0) is 6.54 Å². The molecular weight excluding hydrogens is 332 g/mol. The Morgan fingerprint density at radius 3 is 2.40 bits per heavy atom. The summed E-state index contributed by atoms with van der Waals surface area (Å²) in [6.07, 6.45) is 0. The van der Waals surface area contributed by atoms with Gasteiger partial charge in [-0.1, -0.05) is 60.1 Å². The van der Waals surface area contributed by atoms with Crippen molar-refractivity contribution in [2.45, 2.75) is 6.54 Å². The molecule has 0 aliphatic heterocycles. The lowest BCUT2D eigenvalue weighted by Crippen LogP contribution is -2.22. The van der Waals surface area contributed by atoms with Crippen LogP contribution < -0.4 is 5.56 Å². The smallest absolute Gasteiger partial charge is 0.267 e. The quantitative estimate of drug-likeness (QED) is 0.536. The van der Waals surface area contributed by atoms with E-state index >= 15 is 0 Å². The first-order valence-electron chi connectivity index (χ1n) is 8.01. The van der Waals surface area contributed by atoms with Gasteiger partial charge >= 0.3 is 0 Å². The van der Waals surface area contributed by atoms with Crippen molar-refractivity contribution in [2.24, 2.45) is 0 Å². The van der Waals surface area contributed by atoms with Crippen molar-refractivity contribution in [2.75, 3.05) is 0 Å². The molecule has 4 heteroatoms. The van der Waals surface area contributed by atoms with Crippen LogP contribution in [0.5, 0.6) is 0 Å². The lowest BCUT2D eigenvalue weighted by Gasteiger charge is -2.08. The molecule has 0 aliphatic carbocycles. The Labute approximate surface area is 150 Å². The minimum Gasteiger partial charge on any atom is -0.268 e. The van der Waals surface area contributed by atoms with E-state index in [0.717, 1.165) is 22.2 Å². The minimum absolute atomic E-state index is 0.125. The Hall–Kier alpha value is -2.91. The van der Waals surface area contributed by atoms with Gasteiger partial charge in [0.2, 0.25) is 0 Å². The molecule has 0 amide bonds. The van der Waals surface area contributed by atoms with E-state index < -0.39 is 0 Å². The summed E-state index contributed by atoms with van der Waals surface area (Å²) in [6, 6.07) is 25.1. The van der Waals surface area contributed by atoms with Crippen molar-refractivity contribution in [3.05, 3.63) is 99.8 Å². The fourth-order valence-corrected chi connectivity index (χ4v) is 2.95. The first-order chi connectivity index (χ1) is 12.2. The molecule has 0 radical (unpaired) electrons. The molecule has 0 saturated heterocycles. The lowest BCUT2D eigenvalue weighted by atomic mass is 10.1. The summed E-state index contributed by atoms with van der Waals surface area (Å²) in [5.74, 6) is 0. The number of rotatable bonds is 3. The van der Waals surface area contributed by atoms with Crippen LogP contribution in [0.4, 0.5) is 0 Å². The second kappa shape index (κ2) is 6.54. The predicted octanol–water partition coefficient (Wildman–Crippen LogP) is 4.77. The molecule has 3 aromatic carbocycles. The highest BCUT2D eigenvalue weighted by atomic mass is 35.5. The molecule has 0 fully saturated rings. The van der Waals surface area contributed by atoms with Gasteiger partial charge < -0.3 is 0 Å². The monoisotopic (exact) mass is 346 g/mol. The van der Waals surface area contributed by atoms with Gasteiger partial charge in [0.15, 0.2) is 0 Å². The fraction of sp³-hybridized carbons (Fsp3) is 0.0476. The summed E-state index contributed by atoms with van der Waals surface area (Å²) in [7, 11) is 0. The second-order valence-corrected chi connectivity index (χ2v) is 6.34. The van der Waals surface area contributed by atoms with Gasteiger partial charge in [0.25, 0.3) is 5.56 Å². The van der Waals surface area contributed by atoms with Crippen LogP contribution in [0.3, 0.4) is 0 Å². The van der Waals surface area contributed by atoms with E-state index in [2.05, 4.69) is 29.4 Å². The van der Waals surface area contributed by atoms with Gasteiger partial charge in [-0.15, -0.1) is 0 Å². The average Bonchev–Trinajstić information content (AvgIpc) is 2.65. The molecule has 25 heavy (non-hydrogen) atoms. The van der Waals surface area contributed by atoms with Crippen molar-refractivity contribution >= 4 is 22.4 Å². The van der Waals surface area contributed by atoms with Gasteiger partial charge in [0, 0.05) is 16.7 Å². The topological polar surface area (TPSA) is 34.9 Å². The normalized spacial score (nSPS) is 10.9. The van der Waals surface area contributed by atoms with Gasteiger partial charge in [-0.2, -0.15) is 5.10 Å². The van der Waals surface area contributed by atoms with Crippen LogP contribution in [-0.4, -0.2) is 9.78 Å². The van der Waals surface area contributed by atoms with Crippen molar-refractivity contribution in [3.63, 3.8) is 0 Å². The molecule has 122 valence electrons. The van der Waals surface area contributed by atoms with E-state index in [1.54, 1.807) is 12.1 Å². The summed E-state index contributed by atoms with van der Waals surface area (Å²) in [5.41, 5.74) is 2.62. The molecule has 0 bridgehead atoms. The summed E-state index contributed by atoms with van der Waals surface area (Å²) in [4.78, 5) is 12.2. The largest absolute Gasteiger partial charge is 0.268 e. The molecular formula is C21H15ClN2O. The molecule has 3 nitrogen and oxygen atoms in total. The third-order valence-corrected chi connectivity index (χ3v) is 4.41. The molecule has 1 heterocycles. The van der Waals surface area contributed by atoms with Crippen molar-refractivity contribution < 1.29 is 0 Å². The first kappa shape index (κ1) is 15.6. The van der Waals surface area contributed by atoms with Gasteiger partial charge in [-0.3, -0.25) is 4.79 Å². The number of nitrogens with zero attached hydrogens (tertiary/aromatic N) is 2. The SMILES string of the molecule is O=c1ccc(-c2ccc3ccccc3c2)nn1Cc1ccc(Cl)cc1. The average molecular weight is 347 g/mol. The molecule has 0 N–H and O–H groups in total. The zero-order chi connectivity index (χ0) is 17.2. The molecule has 0 spiro atoms. The van der Waals surface area contributed by atoms with Gasteiger partial charge in [0.05, 0.1) is 12.2 Å². The van der Waals surface area contributed by atoms with Crippen LogP contribution in [0.1, 0.15) is 5.56 Å². The number of hydrogen-bond donors (Lipinski definition) is 0. The molecule has 0 aliphatic rings. The molecule has 4 rings (SSSR count). The number of aromatic nitrogens is 2. The van der Waals surface area contributed by atoms with Crippen molar-refractivity contribution in [1.29, 1.82) is 0 Å². The first-order valence-corrected chi connectivity index (χ1v) is 8.39. The van der Waals surface area contributed by atoms with E-state index in [9.17, 15) is 4.79 Å². The maximum Gasteiger partial charge on any atom is 0.267 e. The molecule has 4 aromatic rings. The molecule has 0 atom stereocenters. The summed E-state index contributed by atoms with van der Waals surface area (Å²) in [6.45, 7) is 0.414. The Morgan fingerprint density at radius 2 is 1.60 bits per heavy atom. The number of hydrogen-bond acceptors (Lipinski definition) is 2. The van der Waals surface area contributed by atoms with Crippen LogP contribution in [0.2, 0.25) is 5.02 Å². The van der Waals surface area contributed by atoms with E-state index in [1.165, 1.54) is 10.1 Å². The zero-order valence-corrected chi connectivity index (χ0v) is 14.1. The minimum atomic E-state index is -0.125. The highest BCUT2D eigenvalue weighted by Crippen LogP contribution is 2.22. The molecule has 1 aromatic heterocycles. The summed E-state index contributed by atoms with van der Waals surface area (Å²) in [5, 5.41) is 7.54. The predicted molar refractivity (Wildman–Crippen MR) is 102 cm³/mol. The summed E-state index contributed by atoms with van der Waals surface area (Å²) >= 11 is 5.91. The van der Waals surface area contributed by atoms with Crippen LogP contribution in [0.25, 0.3) is 22.0 Å². The number of halogens is 1. The van der Waals surface area contributed by atoms with Gasteiger partial charge in [0.1, 0.15) is 0 Å². The van der Waals surface area contributed by atoms with E-state index in [0.29, 0.717) is 11.6 Å². The van der Waals surface area contributed by atoms with Crippen molar-refractivity contribution in [3.8, 4) is 11.3 Å². The second-order valence-electron chi connectivity index (χ2n) is 5.90. The van der Waals surface area contributed by atoms with Gasteiger partial charge in [-0.05, 0) is 40.6 Å². The highest BCUT2D eigenvalue weighted by Gasteiger charge is 2.05. The molecule has 0 saturated carbocycles.